The Kier molecular flexibility index (Phi) is 4.06. The average Bonchev–Trinajstić information content (AvgIpc) is 2.58. The maximum atomic E-state index is 11.7. The first-order valence-electron chi connectivity index (χ1n) is 5.43. The van der Waals surface area contributed by atoms with Gasteiger partial charge in [-0.05, 0) is 27.8 Å². The van der Waals surface area contributed by atoms with Crippen molar-refractivity contribution in [1.82, 2.24) is 20.4 Å². The van der Waals surface area contributed by atoms with Gasteiger partial charge in [0.15, 0.2) is 0 Å². The van der Waals surface area contributed by atoms with E-state index < -0.39 is 0 Å². The summed E-state index contributed by atoms with van der Waals surface area (Å²) in [6.45, 7) is 5.79. The lowest BCUT2D eigenvalue weighted by Crippen LogP contribution is -2.41. The third-order valence-electron chi connectivity index (χ3n) is 2.92. The van der Waals surface area contributed by atoms with Gasteiger partial charge in [0.1, 0.15) is 0 Å². The zero-order valence-electron chi connectivity index (χ0n) is 10.5. The molecule has 90 valence electrons. The van der Waals surface area contributed by atoms with Crippen molar-refractivity contribution in [2.75, 3.05) is 7.05 Å². The quantitative estimate of drug-likeness (QED) is 0.783. The van der Waals surface area contributed by atoms with Crippen LogP contribution in [0.2, 0.25) is 0 Å². The molecule has 0 aliphatic carbocycles. The lowest BCUT2D eigenvalue weighted by atomic mass is 10.1. The Morgan fingerprint density at radius 1 is 1.50 bits per heavy atom. The molecule has 1 aromatic rings. The van der Waals surface area contributed by atoms with Gasteiger partial charge in [-0.25, -0.2) is 0 Å². The monoisotopic (exact) mass is 224 g/mol. The first kappa shape index (κ1) is 12.7. The van der Waals surface area contributed by atoms with E-state index in [1.807, 2.05) is 27.8 Å². The average molecular weight is 224 g/mol. The second-order valence-corrected chi connectivity index (χ2v) is 4.05. The van der Waals surface area contributed by atoms with Crippen molar-refractivity contribution < 1.29 is 4.79 Å². The number of hydrogen-bond acceptors (Lipinski definition) is 3. The van der Waals surface area contributed by atoms with Gasteiger partial charge in [-0.15, -0.1) is 0 Å². The molecule has 2 unspecified atom stereocenters. The summed E-state index contributed by atoms with van der Waals surface area (Å²) in [6.07, 6.45) is 1.80. The van der Waals surface area contributed by atoms with Crippen molar-refractivity contribution in [2.24, 2.45) is 7.05 Å². The van der Waals surface area contributed by atoms with Crippen LogP contribution < -0.4 is 10.6 Å². The highest BCUT2D eigenvalue weighted by atomic mass is 16.2. The predicted molar refractivity (Wildman–Crippen MR) is 63.0 cm³/mol. The van der Waals surface area contributed by atoms with Gasteiger partial charge in [-0.1, -0.05) is 0 Å². The van der Waals surface area contributed by atoms with Crippen LogP contribution in [0.1, 0.15) is 31.1 Å². The fourth-order valence-electron chi connectivity index (χ4n) is 1.49. The third-order valence-corrected chi connectivity index (χ3v) is 2.92. The molecule has 5 nitrogen and oxygen atoms in total. The number of amides is 1. The topological polar surface area (TPSA) is 59.0 Å². The van der Waals surface area contributed by atoms with Crippen molar-refractivity contribution in [3.05, 3.63) is 17.5 Å². The van der Waals surface area contributed by atoms with Crippen LogP contribution in [0.15, 0.2) is 6.20 Å². The zero-order chi connectivity index (χ0) is 12.3. The SMILES string of the molecule is CNC(C)C(=O)NC(C)c1cnn(C)c1C. The lowest BCUT2D eigenvalue weighted by molar-refractivity contribution is -0.123. The highest BCUT2D eigenvalue weighted by molar-refractivity contribution is 5.81. The standard InChI is InChI=1S/C11H20N4O/c1-7(14-11(16)8(2)12-4)10-6-13-15(5)9(10)3/h6-8,12H,1-5H3,(H,14,16). The molecule has 2 atom stereocenters. The van der Waals surface area contributed by atoms with Crippen molar-refractivity contribution in [3.63, 3.8) is 0 Å². The molecule has 0 aliphatic heterocycles. The number of carbonyl (C=O) groups excluding carboxylic acids is 1. The number of rotatable bonds is 4. The Balaban J connectivity index is 2.69. The van der Waals surface area contributed by atoms with Crippen LogP contribution in [0.25, 0.3) is 0 Å². The van der Waals surface area contributed by atoms with Crippen LogP contribution in [0, 0.1) is 6.92 Å². The summed E-state index contributed by atoms with van der Waals surface area (Å²) in [4.78, 5) is 11.7. The first-order chi connectivity index (χ1) is 7.47. The summed E-state index contributed by atoms with van der Waals surface area (Å²) in [5.41, 5.74) is 2.13. The molecule has 0 aliphatic rings. The van der Waals surface area contributed by atoms with Gasteiger partial charge in [0.2, 0.25) is 5.91 Å². The highest BCUT2D eigenvalue weighted by Crippen LogP contribution is 2.15. The molecule has 0 saturated carbocycles. The molecule has 0 spiro atoms. The Labute approximate surface area is 96.2 Å². The maximum absolute atomic E-state index is 11.7. The van der Waals surface area contributed by atoms with E-state index in [-0.39, 0.29) is 18.0 Å². The molecule has 5 heteroatoms. The van der Waals surface area contributed by atoms with Crippen LogP contribution >= 0.6 is 0 Å². The predicted octanol–water partition coefficient (Wildman–Crippen LogP) is 0.514. The molecule has 0 fully saturated rings. The second-order valence-electron chi connectivity index (χ2n) is 4.05. The fraction of sp³-hybridized carbons (Fsp3) is 0.636. The maximum Gasteiger partial charge on any atom is 0.237 e. The van der Waals surface area contributed by atoms with E-state index in [1.165, 1.54) is 0 Å². The number of carbonyl (C=O) groups is 1. The summed E-state index contributed by atoms with van der Waals surface area (Å²) < 4.78 is 1.81. The normalized spacial score (nSPS) is 14.6. The van der Waals surface area contributed by atoms with Gasteiger partial charge in [-0.3, -0.25) is 9.48 Å². The van der Waals surface area contributed by atoms with E-state index in [2.05, 4.69) is 15.7 Å². The van der Waals surface area contributed by atoms with Crippen LogP contribution in [0.3, 0.4) is 0 Å². The molecule has 1 amide bonds. The number of aromatic nitrogens is 2. The molecule has 16 heavy (non-hydrogen) atoms. The van der Waals surface area contributed by atoms with E-state index in [1.54, 1.807) is 17.9 Å². The Hall–Kier alpha value is -1.36. The van der Waals surface area contributed by atoms with E-state index in [0.717, 1.165) is 11.3 Å². The number of aryl methyl sites for hydroxylation is 1. The minimum absolute atomic E-state index is 0.00162. The lowest BCUT2D eigenvalue weighted by Gasteiger charge is -2.17. The largest absolute Gasteiger partial charge is 0.348 e. The van der Waals surface area contributed by atoms with Crippen molar-refractivity contribution in [1.29, 1.82) is 0 Å². The van der Waals surface area contributed by atoms with E-state index in [4.69, 9.17) is 0 Å². The Morgan fingerprint density at radius 3 is 2.56 bits per heavy atom. The van der Waals surface area contributed by atoms with Crippen molar-refractivity contribution >= 4 is 5.91 Å². The Morgan fingerprint density at radius 2 is 2.12 bits per heavy atom. The van der Waals surface area contributed by atoms with Crippen molar-refractivity contribution in [2.45, 2.75) is 32.9 Å². The van der Waals surface area contributed by atoms with Gasteiger partial charge >= 0.3 is 0 Å². The summed E-state index contributed by atoms with van der Waals surface area (Å²) in [5, 5.41) is 10.0. The molecule has 2 N–H and O–H groups in total. The molecule has 0 aromatic carbocycles. The Bertz CT molecular complexity index is 372. The number of likely N-dealkylation sites (N-methyl/N-ethyl adjacent to an activating group) is 1. The van der Waals surface area contributed by atoms with Crippen LogP contribution in [-0.4, -0.2) is 28.8 Å². The van der Waals surface area contributed by atoms with Crippen LogP contribution in [0.5, 0.6) is 0 Å². The highest BCUT2D eigenvalue weighted by Gasteiger charge is 2.17. The molecular formula is C11H20N4O. The molecular weight excluding hydrogens is 204 g/mol. The third kappa shape index (κ3) is 2.61. The van der Waals surface area contributed by atoms with Crippen molar-refractivity contribution in [3.8, 4) is 0 Å². The zero-order valence-corrected chi connectivity index (χ0v) is 10.5. The summed E-state index contributed by atoms with van der Waals surface area (Å²) >= 11 is 0. The van der Waals surface area contributed by atoms with Gasteiger partial charge in [-0.2, -0.15) is 5.10 Å². The summed E-state index contributed by atoms with van der Waals surface area (Å²) in [5.74, 6) is -0.00162. The van der Waals surface area contributed by atoms with Gasteiger partial charge in [0.05, 0.1) is 18.3 Å². The minimum Gasteiger partial charge on any atom is -0.348 e. The molecule has 0 bridgehead atoms. The fourth-order valence-corrected chi connectivity index (χ4v) is 1.49. The van der Waals surface area contributed by atoms with Gasteiger partial charge in [0, 0.05) is 18.3 Å². The molecule has 0 radical (unpaired) electrons. The molecule has 1 heterocycles. The number of nitrogens with one attached hydrogen (secondary N) is 2. The first-order valence-corrected chi connectivity index (χ1v) is 5.43. The van der Waals surface area contributed by atoms with E-state index in [9.17, 15) is 4.79 Å². The second kappa shape index (κ2) is 5.12. The molecule has 0 saturated heterocycles. The smallest absolute Gasteiger partial charge is 0.237 e. The van der Waals surface area contributed by atoms with Gasteiger partial charge < -0.3 is 10.6 Å². The minimum atomic E-state index is -0.181. The van der Waals surface area contributed by atoms with E-state index in [0.29, 0.717) is 0 Å². The van der Waals surface area contributed by atoms with Crippen LogP contribution in [0.4, 0.5) is 0 Å². The van der Waals surface area contributed by atoms with Gasteiger partial charge in [0.25, 0.3) is 0 Å². The number of nitrogens with zero attached hydrogens (tertiary/aromatic N) is 2. The summed E-state index contributed by atoms with van der Waals surface area (Å²) in [6, 6.07) is -0.198. The number of hydrogen-bond donors (Lipinski definition) is 2. The summed E-state index contributed by atoms with van der Waals surface area (Å²) in [7, 11) is 3.66. The van der Waals surface area contributed by atoms with E-state index >= 15 is 0 Å². The molecule has 1 rings (SSSR count). The molecule has 1 aromatic heterocycles. The van der Waals surface area contributed by atoms with Crippen LogP contribution in [-0.2, 0) is 11.8 Å².